The molecule has 0 spiro atoms. The molecule has 4 unspecified atom stereocenters. The second kappa shape index (κ2) is 4.66. The molecule has 2 nitrogen and oxygen atoms in total. The van der Waals surface area contributed by atoms with Crippen LogP contribution in [0.2, 0.25) is 0 Å². The van der Waals surface area contributed by atoms with Crippen molar-refractivity contribution in [3.05, 3.63) is 58.7 Å². The summed E-state index contributed by atoms with van der Waals surface area (Å²) in [5, 5.41) is 18.6. The predicted octanol–water partition coefficient (Wildman–Crippen LogP) is 3.84. The number of hydrogen-bond donors (Lipinski definition) is 0. The zero-order valence-corrected chi connectivity index (χ0v) is 11.7. The normalized spacial score (nSPS) is 32.6. The van der Waals surface area contributed by atoms with Crippen LogP contribution in [0.3, 0.4) is 0 Å². The molecule has 3 rings (SSSR count). The largest absolute Gasteiger partial charge is 0.192 e. The first-order valence-corrected chi connectivity index (χ1v) is 6.94. The summed E-state index contributed by atoms with van der Waals surface area (Å²) in [6.07, 6.45) is 12.9. The average molecular weight is 260 g/mol. The van der Waals surface area contributed by atoms with E-state index in [-0.39, 0.29) is 11.8 Å². The fourth-order valence-corrected chi connectivity index (χ4v) is 3.87. The second-order valence-corrected chi connectivity index (χ2v) is 5.77. The van der Waals surface area contributed by atoms with E-state index in [1.54, 1.807) is 0 Å². The van der Waals surface area contributed by atoms with Crippen LogP contribution >= 0.6 is 0 Å². The van der Waals surface area contributed by atoms with Crippen LogP contribution in [0.15, 0.2) is 58.7 Å². The number of allylic oxidation sites excluding steroid dienone is 10. The molecular weight excluding hydrogens is 244 g/mol. The highest BCUT2D eigenvalue weighted by molar-refractivity contribution is 5.54. The number of fused-ring (bicyclic) bond motifs is 6. The summed E-state index contributed by atoms with van der Waals surface area (Å²) >= 11 is 0. The molecule has 3 aliphatic carbocycles. The first-order chi connectivity index (χ1) is 9.69. The maximum atomic E-state index is 9.28. The molecule has 1 fully saturated rings. The predicted molar refractivity (Wildman–Crippen MR) is 78.0 cm³/mol. The van der Waals surface area contributed by atoms with Crippen LogP contribution in [0, 0.1) is 46.3 Å². The lowest BCUT2D eigenvalue weighted by Crippen LogP contribution is -2.31. The molecule has 0 saturated heterocycles. The lowest BCUT2D eigenvalue weighted by molar-refractivity contribution is 0.434. The van der Waals surface area contributed by atoms with Gasteiger partial charge in [0, 0.05) is 23.7 Å². The zero-order chi connectivity index (χ0) is 14.3. The quantitative estimate of drug-likeness (QED) is 0.490. The summed E-state index contributed by atoms with van der Waals surface area (Å²) in [5.74, 6) is 0.904. The topological polar surface area (TPSA) is 47.6 Å². The monoisotopic (exact) mass is 260 g/mol. The molecule has 0 N–H and O–H groups in total. The van der Waals surface area contributed by atoms with Gasteiger partial charge in [-0.25, -0.2) is 0 Å². The van der Waals surface area contributed by atoms with Crippen molar-refractivity contribution in [3.8, 4) is 12.1 Å². The van der Waals surface area contributed by atoms with Crippen molar-refractivity contribution in [3.63, 3.8) is 0 Å². The molecule has 4 bridgehead atoms. The Labute approximate surface area is 119 Å². The van der Waals surface area contributed by atoms with Crippen molar-refractivity contribution >= 4 is 0 Å². The van der Waals surface area contributed by atoms with Gasteiger partial charge in [-0.1, -0.05) is 47.6 Å². The molecule has 98 valence electrons. The third-order valence-electron chi connectivity index (χ3n) is 4.57. The van der Waals surface area contributed by atoms with Crippen LogP contribution in [-0.2, 0) is 0 Å². The Morgan fingerprint density at radius 2 is 1.25 bits per heavy atom. The SMILES string of the molecule is CC(C)=C1C2C=CC1C1C=CC=CC2C1=C(C#N)C#N. The van der Waals surface area contributed by atoms with E-state index in [2.05, 4.69) is 50.3 Å². The van der Waals surface area contributed by atoms with Gasteiger partial charge in [0.25, 0.3) is 0 Å². The fraction of sp³-hybridized carbons (Fsp3) is 0.333. The Balaban J connectivity index is 2.27. The van der Waals surface area contributed by atoms with Gasteiger partial charge >= 0.3 is 0 Å². The van der Waals surface area contributed by atoms with E-state index in [1.165, 1.54) is 11.1 Å². The summed E-state index contributed by atoms with van der Waals surface area (Å²) in [5.41, 5.74) is 4.13. The molecule has 0 aromatic heterocycles. The smallest absolute Gasteiger partial charge is 0.130 e. The Morgan fingerprint density at radius 3 is 1.65 bits per heavy atom. The van der Waals surface area contributed by atoms with Gasteiger partial charge in [0.05, 0.1) is 0 Å². The Hall–Kier alpha value is -2.32. The van der Waals surface area contributed by atoms with Crippen molar-refractivity contribution in [2.45, 2.75) is 13.8 Å². The molecule has 0 heterocycles. The number of nitrogens with zero attached hydrogens (tertiary/aromatic N) is 2. The summed E-state index contributed by atoms with van der Waals surface area (Å²) in [6.45, 7) is 4.32. The van der Waals surface area contributed by atoms with Gasteiger partial charge in [0.1, 0.15) is 17.7 Å². The lowest BCUT2D eigenvalue weighted by Gasteiger charge is -2.38. The van der Waals surface area contributed by atoms with Crippen molar-refractivity contribution in [1.82, 2.24) is 0 Å². The van der Waals surface area contributed by atoms with Crippen LogP contribution in [0.1, 0.15) is 13.8 Å². The molecule has 3 aliphatic rings. The van der Waals surface area contributed by atoms with Crippen molar-refractivity contribution in [2.24, 2.45) is 23.7 Å². The highest BCUT2D eigenvalue weighted by Crippen LogP contribution is 2.54. The van der Waals surface area contributed by atoms with Crippen molar-refractivity contribution in [2.75, 3.05) is 0 Å². The number of rotatable bonds is 0. The summed E-state index contributed by atoms with van der Waals surface area (Å²) < 4.78 is 0. The molecule has 4 atom stereocenters. The van der Waals surface area contributed by atoms with E-state index >= 15 is 0 Å². The van der Waals surface area contributed by atoms with E-state index in [4.69, 9.17) is 0 Å². The van der Waals surface area contributed by atoms with E-state index in [0.717, 1.165) is 5.57 Å². The fourth-order valence-electron chi connectivity index (χ4n) is 3.87. The van der Waals surface area contributed by atoms with E-state index in [1.807, 2.05) is 12.2 Å². The molecule has 0 aliphatic heterocycles. The van der Waals surface area contributed by atoms with E-state index in [9.17, 15) is 10.5 Å². The van der Waals surface area contributed by atoms with E-state index in [0.29, 0.717) is 17.4 Å². The Morgan fingerprint density at radius 1 is 0.800 bits per heavy atom. The van der Waals surface area contributed by atoms with Crippen LogP contribution in [-0.4, -0.2) is 0 Å². The number of hydrogen-bond acceptors (Lipinski definition) is 2. The molecule has 0 amide bonds. The zero-order valence-electron chi connectivity index (χ0n) is 11.7. The van der Waals surface area contributed by atoms with Gasteiger partial charge in [-0.3, -0.25) is 0 Å². The van der Waals surface area contributed by atoms with Gasteiger partial charge in [-0.2, -0.15) is 10.5 Å². The Kier molecular flexibility index (Phi) is 2.96. The van der Waals surface area contributed by atoms with Crippen LogP contribution < -0.4 is 0 Å². The second-order valence-electron chi connectivity index (χ2n) is 5.77. The van der Waals surface area contributed by atoms with Crippen LogP contribution in [0.25, 0.3) is 0 Å². The van der Waals surface area contributed by atoms with Gasteiger partial charge in [-0.05, 0) is 19.4 Å². The van der Waals surface area contributed by atoms with Gasteiger partial charge in [0.15, 0.2) is 0 Å². The third-order valence-corrected chi connectivity index (χ3v) is 4.57. The highest BCUT2D eigenvalue weighted by Gasteiger charge is 2.45. The molecular formula is C18H16N2. The minimum Gasteiger partial charge on any atom is -0.192 e. The lowest BCUT2D eigenvalue weighted by atomic mass is 9.64. The standard InChI is InChI=1S/C18H16N2/c1-11(2)17-15-7-8-16(17)14-6-4-3-5-13(15)18(14)12(9-19)10-20/h3-8,13-16H,1-2H3. The highest BCUT2D eigenvalue weighted by atomic mass is 14.5. The summed E-state index contributed by atoms with van der Waals surface area (Å²) in [7, 11) is 0. The average Bonchev–Trinajstić information content (AvgIpc) is 2.73. The van der Waals surface area contributed by atoms with Crippen LogP contribution in [0.4, 0.5) is 0 Å². The van der Waals surface area contributed by atoms with Crippen molar-refractivity contribution in [1.29, 1.82) is 10.5 Å². The Bertz CT molecular complexity index is 632. The molecule has 0 radical (unpaired) electrons. The van der Waals surface area contributed by atoms with Crippen LogP contribution in [0.5, 0.6) is 0 Å². The minimum absolute atomic E-state index is 0.143. The summed E-state index contributed by atoms with van der Waals surface area (Å²) in [6, 6.07) is 4.20. The molecule has 20 heavy (non-hydrogen) atoms. The van der Waals surface area contributed by atoms with Gasteiger partial charge < -0.3 is 0 Å². The summed E-state index contributed by atoms with van der Waals surface area (Å²) in [4.78, 5) is 0. The molecule has 0 aromatic carbocycles. The van der Waals surface area contributed by atoms with E-state index < -0.39 is 0 Å². The van der Waals surface area contributed by atoms with Gasteiger partial charge in [-0.15, -0.1) is 0 Å². The first kappa shape index (κ1) is 12.7. The number of nitriles is 2. The molecule has 0 aromatic rings. The maximum Gasteiger partial charge on any atom is 0.130 e. The maximum absolute atomic E-state index is 9.28. The minimum atomic E-state index is 0.143. The van der Waals surface area contributed by atoms with Gasteiger partial charge in [0.2, 0.25) is 0 Å². The first-order valence-electron chi connectivity index (χ1n) is 6.94. The molecule has 2 heteroatoms. The third kappa shape index (κ3) is 1.62. The molecule has 1 saturated carbocycles. The van der Waals surface area contributed by atoms with Crippen molar-refractivity contribution < 1.29 is 0 Å².